The lowest BCUT2D eigenvalue weighted by molar-refractivity contribution is -0.141. The standard InChI is InChI=1S/C12H13FN2O3/c13-8-2-1-3-9(6-8)15-5-4-11(16)14-10(7-15)12(17)18/h1-3,6,10H,4-5,7H2,(H,14,16)(H,17,18). The molecule has 1 unspecified atom stereocenters. The molecule has 1 atom stereocenters. The van der Waals surface area contributed by atoms with Crippen LogP contribution in [0, 0.1) is 5.82 Å². The number of carbonyl (C=O) groups is 2. The van der Waals surface area contributed by atoms with Crippen LogP contribution in [0.2, 0.25) is 0 Å². The van der Waals surface area contributed by atoms with E-state index in [0.29, 0.717) is 12.2 Å². The third-order valence-electron chi connectivity index (χ3n) is 2.82. The van der Waals surface area contributed by atoms with Gasteiger partial charge < -0.3 is 15.3 Å². The number of hydrogen-bond donors (Lipinski definition) is 2. The van der Waals surface area contributed by atoms with Gasteiger partial charge in [-0.25, -0.2) is 9.18 Å². The third kappa shape index (κ3) is 2.77. The monoisotopic (exact) mass is 252 g/mol. The number of carboxylic acids is 1. The van der Waals surface area contributed by atoms with Crippen molar-refractivity contribution in [1.29, 1.82) is 0 Å². The van der Waals surface area contributed by atoms with Gasteiger partial charge in [0.15, 0.2) is 0 Å². The molecule has 18 heavy (non-hydrogen) atoms. The van der Waals surface area contributed by atoms with Gasteiger partial charge in [0.05, 0.1) is 0 Å². The zero-order valence-corrected chi connectivity index (χ0v) is 9.60. The van der Waals surface area contributed by atoms with Crippen LogP contribution in [-0.4, -0.2) is 36.1 Å². The molecule has 0 radical (unpaired) electrons. The zero-order chi connectivity index (χ0) is 13.1. The van der Waals surface area contributed by atoms with Gasteiger partial charge in [-0.1, -0.05) is 6.07 Å². The molecule has 5 nitrogen and oxygen atoms in total. The number of hydrogen-bond acceptors (Lipinski definition) is 3. The highest BCUT2D eigenvalue weighted by atomic mass is 19.1. The Kier molecular flexibility index (Phi) is 3.45. The number of anilines is 1. The number of amides is 1. The van der Waals surface area contributed by atoms with Crippen molar-refractivity contribution in [2.45, 2.75) is 12.5 Å². The van der Waals surface area contributed by atoms with Crippen LogP contribution in [0.5, 0.6) is 0 Å². The Bertz CT molecular complexity index is 478. The summed E-state index contributed by atoms with van der Waals surface area (Å²) in [4.78, 5) is 24.0. The summed E-state index contributed by atoms with van der Waals surface area (Å²) in [6.45, 7) is 0.504. The predicted octanol–water partition coefficient (Wildman–Crippen LogP) is 0.605. The summed E-state index contributed by atoms with van der Waals surface area (Å²) in [6.07, 6.45) is 0.195. The van der Waals surface area contributed by atoms with Crippen molar-refractivity contribution in [3.8, 4) is 0 Å². The van der Waals surface area contributed by atoms with E-state index >= 15 is 0 Å². The number of halogens is 1. The first-order chi connectivity index (χ1) is 8.56. The van der Waals surface area contributed by atoms with Crippen LogP contribution >= 0.6 is 0 Å². The van der Waals surface area contributed by atoms with E-state index in [9.17, 15) is 14.0 Å². The first-order valence-corrected chi connectivity index (χ1v) is 5.59. The van der Waals surface area contributed by atoms with E-state index in [-0.39, 0.29) is 24.7 Å². The van der Waals surface area contributed by atoms with Crippen molar-refractivity contribution < 1.29 is 19.1 Å². The summed E-state index contributed by atoms with van der Waals surface area (Å²) >= 11 is 0. The van der Waals surface area contributed by atoms with Crippen LogP contribution in [0.25, 0.3) is 0 Å². The van der Waals surface area contributed by atoms with Crippen molar-refractivity contribution >= 4 is 17.6 Å². The van der Waals surface area contributed by atoms with E-state index in [4.69, 9.17) is 5.11 Å². The number of nitrogens with one attached hydrogen (secondary N) is 1. The molecule has 0 spiro atoms. The summed E-state index contributed by atoms with van der Waals surface area (Å²) in [5.41, 5.74) is 0.581. The van der Waals surface area contributed by atoms with Gasteiger partial charge in [0.1, 0.15) is 11.9 Å². The molecule has 0 saturated carbocycles. The van der Waals surface area contributed by atoms with E-state index in [0.717, 1.165) is 0 Å². The largest absolute Gasteiger partial charge is 0.480 e. The van der Waals surface area contributed by atoms with Gasteiger partial charge in [-0.2, -0.15) is 0 Å². The fraction of sp³-hybridized carbons (Fsp3) is 0.333. The summed E-state index contributed by atoms with van der Waals surface area (Å²) in [7, 11) is 0. The Balaban J connectivity index is 2.22. The van der Waals surface area contributed by atoms with Gasteiger partial charge in [-0.15, -0.1) is 0 Å². The molecule has 1 aliphatic rings. The first-order valence-electron chi connectivity index (χ1n) is 5.59. The second-order valence-corrected chi connectivity index (χ2v) is 4.13. The summed E-state index contributed by atoms with van der Waals surface area (Å²) in [5.74, 6) is -1.78. The van der Waals surface area contributed by atoms with Gasteiger partial charge in [0.25, 0.3) is 0 Å². The van der Waals surface area contributed by atoms with E-state index in [1.807, 2.05) is 0 Å². The average molecular weight is 252 g/mol. The van der Waals surface area contributed by atoms with Crippen LogP contribution in [-0.2, 0) is 9.59 Å². The molecule has 6 heteroatoms. The number of benzene rings is 1. The molecule has 0 aromatic heterocycles. The Morgan fingerprint density at radius 2 is 2.28 bits per heavy atom. The van der Waals surface area contributed by atoms with Gasteiger partial charge >= 0.3 is 5.97 Å². The quantitative estimate of drug-likeness (QED) is 0.809. The van der Waals surface area contributed by atoms with Gasteiger partial charge in [0, 0.05) is 25.2 Å². The normalized spacial score (nSPS) is 20.2. The lowest BCUT2D eigenvalue weighted by Crippen LogP contribution is -2.45. The smallest absolute Gasteiger partial charge is 0.328 e. The van der Waals surface area contributed by atoms with Gasteiger partial charge in [-0.3, -0.25) is 4.79 Å². The van der Waals surface area contributed by atoms with E-state index < -0.39 is 12.0 Å². The van der Waals surface area contributed by atoms with Gasteiger partial charge in [-0.05, 0) is 18.2 Å². The second-order valence-electron chi connectivity index (χ2n) is 4.13. The van der Waals surface area contributed by atoms with Crippen LogP contribution < -0.4 is 10.2 Å². The first kappa shape index (κ1) is 12.3. The highest BCUT2D eigenvalue weighted by molar-refractivity contribution is 5.85. The van der Waals surface area contributed by atoms with Gasteiger partial charge in [0.2, 0.25) is 5.91 Å². The molecular formula is C12H13FN2O3. The molecule has 1 amide bonds. The molecule has 1 aromatic rings. The lowest BCUT2D eigenvalue weighted by Gasteiger charge is -2.24. The van der Waals surface area contributed by atoms with E-state index in [2.05, 4.69) is 5.32 Å². The van der Waals surface area contributed by atoms with Crippen LogP contribution in [0.4, 0.5) is 10.1 Å². The lowest BCUT2D eigenvalue weighted by atomic mass is 10.2. The number of carboxylic acid groups (broad SMARTS) is 1. The maximum atomic E-state index is 13.1. The molecule has 96 valence electrons. The zero-order valence-electron chi connectivity index (χ0n) is 9.60. The molecule has 2 rings (SSSR count). The van der Waals surface area contributed by atoms with E-state index in [1.54, 1.807) is 17.0 Å². The summed E-state index contributed by atoms with van der Waals surface area (Å²) < 4.78 is 13.1. The highest BCUT2D eigenvalue weighted by Gasteiger charge is 2.26. The Hall–Kier alpha value is -2.11. The fourth-order valence-corrected chi connectivity index (χ4v) is 1.91. The summed E-state index contributed by atoms with van der Waals surface area (Å²) in [6, 6.07) is 4.93. The van der Waals surface area contributed by atoms with Crippen molar-refractivity contribution in [1.82, 2.24) is 5.32 Å². The molecule has 1 fully saturated rings. The van der Waals surface area contributed by atoms with Crippen molar-refractivity contribution in [3.05, 3.63) is 30.1 Å². The Morgan fingerprint density at radius 3 is 2.94 bits per heavy atom. The molecule has 0 aliphatic carbocycles. The van der Waals surface area contributed by atoms with E-state index in [1.165, 1.54) is 12.1 Å². The second kappa shape index (κ2) is 5.03. The Morgan fingerprint density at radius 1 is 1.50 bits per heavy atom. The van der Waals surface area contributed by atoms with Crippen LogP contribution in [0.1, 0.15) is 6.42 Å². The average Bonchev–Trinajstić information content (AvgIpc) is 2.51. The molecular weight excluding hydrogens is 239 g/mol. The number of rotatable bonds is 2. The Labute approximate surface area is 103 Å². The van der Waals surface area contributed by atoms with Crippen molar-refractivity contribution in [2.75, 3.05) is 18.0 Å². The number of aliphatic carboxylic acids is 1. The van der Waals surface area contributed by atoms with Crippen LogP contribution in [0.15, 0.2) is 24.3 Å². The minimum atomic E-state index is -1.09. The number of carbonyl (C=O) groups excluding carboxylic acids is 1. The molecule has 2 N–H and O–H groups in total. The molecule has 1 aromatic carbocycles. The highest BCUT2D eigenvalue weighted by Crippen LogP contribution is 2.17. The molecule has 1 aliphatic heterocycles. The van der Waals surface area contributed by atoms with Crippen molar-refractivity contribution in [2.24, 2.45) is 0 Å². The SMILES string of the molecule is O=C1CCN(c2cccc(F)c2)CC(C(=O)O)N1. The minimum absolute atomic E-state index is 0.129. The fourth-order valence-electron chi connectivity index (χ4n) is 1.91. The molecule has 0 bridgehead atoms. The maximum absolute atomic E-state index is 13.1. The molecule has 1 heterocycles. The predicted molar refractivity (Wildman–Crippen MR) is 62.8 cm³/mol. The third-order valence-corrected chi connectivity index (χ3v) is 2.82. The molecule has 1 saturated heterocycles. The van der Waals surface area contributed by atoms with Crippen molar-refractivity contribution in [3.63, 3.8) is 0 Å². The summed E-state index contributed by atoms with van der Waals surface area (Å²) in [5, 5.41) is 11.4. The topological polar surface area (TPSA) is 69.6 Å². The number of nitrogens with zero attached hydrogens (tertiary/aromatic N) is 1. The van der Waals surface area contributed by atoms with Crippen LogP contribution in [0.3, 0.4) is 0 Å². The minimum Gasteiger partial charge on any atom is -0.480 e. The maximum Gasteiger partial charge on any atom is 0.328 e.